The topological polar surface area (TPSA) is 111 Å². The second kappa shape index (κ2) is 58.1. The van der Waals surface area contributed by atoms with Crippen LogP contribution >= 0.6 is 0 Å². The molecule has 2 atom stereocenters. The van der Waals surface area contributed by atoms with Gasteiger partial charge in [0.2, 0.25) is 0 Å². The number of carboxylic acid groups (broad SMARTS) is 1. The van der Waals surface area contributed by atoms with Crippen molar-refractivity contribution in [1.82, 2.24) is 0 Å². The third kappa shape index (κ3) is 59.5. The summed E-state index contributed by atoms with van der Waals surface area (Å²) in [5.74, 6) is -2.37. The average Bonchev–Trinajstić information content (AvgIpc) is 3.40. The summed E-state index contributed by atoms with van der Waals surface area (Å²) >= 11 is 0. The summed E-state index contributed by atoms with van der Waals surface area (Å²) in [6.07, 6.45) is 77.3. The van der Waals surface area contributed by atoms with E-state index in [0.29, 0.717) is 23.9 Å². The van der Waals surface area contributed by atoms with Crippen LogP contribution in [0.15, 0.2) is 109 Å². The van der Waals surface area contributed by atoms with Gasteiger partial charge in [0, 0.05) is 12.8 Å². The maximum Gasteiger partial charge on any atom is 0.306 e. The van der Waals surface area contributed by atoms with Gasteiger partial charge in [-0.3, -0.25) is 9.59 Å². The number of hydrogen-bond acceptors (Lipinski definition) is 8. The number of nitrogens with zero attached hydrogens (tertiary/aromatic N) is 1. The normalized spacial score (nSPS) is 13.5. The molecule has 0 N–H and O–H groups in total. The molecule has 0 aliphatic heterocycles. The van der Waals surface area contributed by atoms with Gasteiger partial charge in [-0.15, -0.1) is 0 Å². The number of esters is 2. The third-order valence-electron chi connectivity index (χ3n) is 13.0. The number of unbranched alkanes of at least 4 members (excludes halogenated alkanes) is 23. The first kappa shape index (κ1) is 73.0. The van der Waals surface area contributed by atoms with Crippen LogP contribution in [0.3, 0.4) is 0 Å². The Morgan fingerprint density at radius 3 is 1.09 bits per heavy atom. The lowest BCUT2D eigenvalue weighted by Gasteiger charge is -2.26. The zero-order valence-corrected chi connectivity index (χ0v) is 50.0. The molecule has 0 amide bonds. The first-order valence-electron chi connectivity index (χ1n) is 31.0. The van der Waals surface area contributed by atoms with E-state index in [1.807, 2.05) is 21.1 Å². The minimum atomic E-state index is -1.64. The second-order valence-corrected chi connectivity index (χ2v) is 21.6. The zero-order chi connectivity index (χ0) is 56.2. The van der Waals surface area contributed by atoms with Gasteiger partial charge in [-0.2, -0.15) is 0 Å². The first-order valence-corrected chi connectivity index (χ1v) is 31.0. The Hall–Kier alpha value is -4.05. The van der Waals surface area contributed by atoms with Crippen LogP contribution in [0.5, 0.6) is 0 Å². The summed E-state index contributed by atoms with van der Waals surface area (Å²) in [7, 11) is 5.90. The summed E-state index contributed by atoms with van der Waals surface area (Å²) in [6.45, 7) is 4.58. The molecule has 2 unspecified atom stereocenters. The number of carbonyl (C=O) groups is 3. The van der Waals surface area contributed by atoms with Crippen molar-refractivity contribution in [2.45, 2.75) is 257 Å². The fourth-order valence-electron chi connectivity index (χ4n) is 8.30. The molecule has 0 saturated carbocycles. The molecule has 0 aliphatic carbocycles. The monoisotopic (exact) mass is 1070 g/mol. The maximum atomic E-state index is 12.9. The number of aliphatic carboxylic acids is 1. The first-order chi connectivity index (χ1) is 37.6. The number of ether oxygens (including phenoxy) is 4. The Bertz CT molecular complexity index is 1630. The minimum Gasteiger partial charge on any atom is -0.545 e. The van der Waals surface area contributed by atoms with Crippen LogP contribution in [0.25, 0.3) is 0 Å². The van der Waals surface area contributed by atoms with Crippen LogP contribution in [-0.2, 0) is 33.3 Å². The number of carbonyl (C=O) groups excluding carboxylic acids is 3. The van der Waals surface area contributed by atoms with Gasteiger partial charge < -0.3 is 33.3 Å². The summed E-state index contributed by atoms with van der Waals surface area (Å²) in [5, 5.41) is 11.8. The molecule has 0 aromatic heterocycles. The molecule has 0 aromatic carbocycles. The lowest BCUT2D eigenvalue weighted by atomic mass is 10.0. The average molecular weight is 1070 g/mol. The van der Waals surface area contributed by atoms with Gasteiger partial charge in [0.15, 0.2) is 12.4 Å². The van der Waals surface area contributed by atoms with Crippen molar-refractivity contribution >= 4 is 17.9 Å². The van der Waals surface area contributed by atoms with E-state index in [-0.39, 0.29) is 38.6 Å². The standard InChI is InChI=1S/C68H115NO8/c1-6-8-10-12-14-16-18-20-22-24-26-28-30-31-32-33-34-35-37-39-41-43-45-47-49-51-53-55-57-59-66(71)77-64(63-76-68(67(72)73)74-61-60-69(3,4)5)62-75-65(70)58-56-54-52-50-48-46-44-42-40-38-36-29-27-25-23-21-19-17-15-13-11-9-7-2/h8,10,14,16,20,22,26,28,31-32,34-35,39,41,45,47,51,53,64,68H,6-7,9,11-13,15,17-19,21,23-25,27,29-30,33,36-38,40,42-44,46,48-50,52,54-63H2,1-5H3/b10-8-,16-14-,22-20-,28-26-,32-31-,35-34-,41-39-,47-45-,53-51-. The van der Waals surface area contributed by atoms with Crippen molar-refractivity contribution in [1.29, 1.82) is 0 Å². The second-order valence-electron chi connectivity index (χ2n) is 21.6. The van der Waals surface area contributed by atoms with Crippen molar-refractivity contribution in [3.05, 3.63) is 109 Å². The molecule has 440 valence electrons. The number of rotatable bonds is 56. The number of likely N-dealkylation sites (N-methyl/N-ethyl adjacent to an activating group) is 1. The molecule has 0 spiro atoms. The molecule has 0 fully saturated rings. The van der Waals surface area contributed by atoms with Gasteiger partial charge in [-0.05, 0) is 77.0 Å². The van der Waals surface area contributed by atoms with Crippen LogP contribution in [0.4, 0.5) is 0 Å². The predicted octanol–water partition coefficient (Wildman–Crippen LogP) is 17.3. The van der Waals surface area contributed by atoms with Gasteiger partial charge in [0.05, 0.1) is 40.3 Å². The molecule has 0 aromatic rings. The zero-order valence-electron chi connectivity index (χ0n) is 50.0. The van der Waals surface area contributed by atoms with Gasteiger partial charge in [-0.25, -0.2) is 0 Å². The maximum absolute atomic E-state index is 12.9. The van der Waals surface area contributed by atoms with Gasteiger partial charge >= 0.3 is 11.9 Å². The van der Waals surface area contributed by atoms with Crippen molar-refractivity contribution in [3.63, 3.8) is 0 Å². The number of carboxylic acids is 1. The summed E-state index contributed by atoms with van der Waals surface area (Å²) < 4.78 is 22.7. The smallest absolute Gasteiger partial charge is 0.306 e. The Balaban J connectivity index is 4.34. The summed E-state index contributed by atoms with van der Waals surface area (Å²) in [6, 6.07) is 0. The highest BCUT2D eigenvalue weighted by molar-refractivity contribution is 5.70. The highest BCUT2D eigenvalue weighted by Gasteiger charge is 2.22. The summed E-state index contributed by atoms with van der Waals surface area (Å²) in [5.41, 5.74) is 0. The van der Waals surface area contributed by atoms with Gasteiger partial charge in [0.1, 0.15) is 13.2 Å². The highest BCUT2D eigenvalue weighted by Crippen LogP contribution is 2.16. The Kier molecular flexibility index (Phi) is 55.1. The Morgan fingerprint density at radius 1 is 0.403 bits per heavy atom. The van der Waals surface area contributed by atoms with Crippen molar-refractivity contribution < 1.29 is 42.9 Å². The molecule has 0 heterocycles. The summed E-state index contributed by atoms with van der Waals surface area (Å²) in [4.78, 5) is 37.3. The number of allylic oxidation sites excluding steroid dienone is 18. The van der Waals surface area contributed by atoms with Crippen molar-refractivity contribution in [2.75, 3.05) is 47.5 Å². The van der Waals surface area contributed by atoms with Crippen LogP contribution in [-0.4, -0.2) is 82.3 Å². The van der Waals surface area contributed by atoms with E-state index in [0.717, 1.165) is 77.0 Å². The predicted molar refractivity (Wildman–Crippen MR) is 324 cm³/mol. The van der Waals surface area contributed by atoms with Crippen molar-refractivity contribution in [2.24, 2.45) is 0 Å². The molecular formula is C68H115NO8. The number of hydrogen-bond donors (Lipinski definition) is 0. The van der Waals surface area contributed by atoms with E-state index < -0.39 is 24.3 Å². The molecule has 0 bridgehead atoms. The van der Waals surface area contributed by atoms with Gasteiger partial charge in [-0.1, -0.05) is 264 Å². The molecule has 0 aliphatic rings. The largest absolute Gasteiger partial charge is 0.545 e. The quantitative estimate of drug-likeness (QED) is 0.0195. The molecule has 9 heteroatoms. The van der Waals surface area contributed by atoms with E-state index in [9.17, 15) is 19.5 Å². The van der Waals surface area contributed by atoms with Crippen LogP contribution in [0.1, 0.15) is 245 Å². The van der Waals surface area contributed by atoms with Crippen molar-refractivity contribution in [3.8, 4) is 0 Å². The molecule has 0 saturated heterocycles. The van der Waals surface area contributed by atoms with E-state index in [1.54, 1.807) is 0 Å². The molecule has 0 rings (SSSR count). The minimum absolute atomic E-state index is 0.132. The van der Waals surface area contributed by atoms with E-state index in [1.165, 1.54) is 128 Å². The van der Waals surface area contributed by atoms with E-state index in [2.05, 4.69) is 123 Å². The third-order valence-corrected chi connectivity index (χ3v) is 13.0. The molecule has 0 radical (unpaired) electrons. The fraction of sp³-hybridized carbons (Fsp3) is 0.691. The van der Waals surface area contributed by atoms with Crippen LogP contribution < -0.4 is 5.11 Å². The van der Waals surface area contributed by atoms with E-state index >= 15 is 0 Å². The molecule has 9 nitrogen and oxygen atoms in total. The fourth-order valence-corrected chi connectivity index (χ4v) is 8.30. The van der Waals surface area contributed by atoms with Crippen LogP contribution in [0, 0.1) is 0 Å². The van der Waals surface area contributed by atoms with E-state index in [4.69, 9.17) is 18.9 Å². The van der Waals surface area contributed by atoms with Crippen LogP contribution in [0.2, 0.25) is 0 Å². The SMILES string of the molecule is CC/C=C\C/C=C\C/C=C\C/C=C\C/C=C\C/C=C\C/C=C\C/C=C\C/C=C\CCCC(=O)OC(COC(=O)CCCCCCCCCCCCCCCCCCCCCCCCC)COC(OCC[N+](C)(C)C)C(=O)[O-]. The Morgan fingerprint density at radius 2 is 0.740 bits per heavy atom. The highest BCUT2D eigenvalue weighted by atomic mass is 16.7. The molecular weight excluding hydrogens is 959 g/mol. The lowest BCUT2D eigenvalue weighted by molar-refractivity contribution is -0.870. The molecule has 77 heavy (non-hydrogen) atoms. The Labute approximate surface area is 473 Å². The number of quaternary nitrogens is 1. The van der Waals surface area contributed by atoms with Gasteiger partial charge in [0.25, 0.3) is 0 Å². The lowest BCUT2D eigenvalue weighted by Crippen LogP contribution is -2.44.